The molecular weight excluding hydrogens is 1670 g/mol. The zero-order chi connectivity index (χ0) is 93.3. The number of benzene rings is 16. The standard InChI is InChI=1S/C128H96O8/c1-129-121-105-65-97(57-49-89-33-17-9-18-34-89)66-106(121)82-108-68-99(59-51-91-37-21-11-22-38-91)70-110(123(108)131-3)84-112-72-101(61-53-93-41-25-13-26-42-93)74-114(125(112)133-5)86-116-76-103(63-55-95-45-29-15-30-46-95)78-118(127(116)135-7)88-120-80-104(64-56-96-47-31-16-32-48-96)79-119(128(120)136-8)87-117-77-102(62-54-94-43-27-14-28-44-94)75-115(126(117)134-6)85-113-73-100(60-52-92-39-23-12-24-40-92)71-111(124(113)132-4)83-109-69-98(67-107(81-105)122(109)130-2)58-50-90-35-19-10-20-36-90/h9-48,65-80H,81-88H2,1-8H3. The molecule has 0 aliphatic heterocycles. The Hall–Kier alpha value is -17.6. The van der Waals surface area contributed by atoms with Gasteiger partial charge < -0.3 is 37.9 Å². The second-order valence-corrected chi connectivity index (χ2v) is 33.0. The molecule has 16 bridgehead atoms. The Labute approximate surface area is 799 Å². The van der Waals surface area contributed by atoms with Crippen LogP contribution < -0.4 is 37.9 Å². The van der Waals surface area contributed by atoms with Gasteiger partial charge in [-0.25, -0.2) is 0 Å². The lowest BCUT2D eigenvalue weighted by Gasteiger charge is -2.22. The summed E-state index contributed by atoms with van der Waals surface area (Å²) in [6.07, 6.45) is 2.54. The highest BCUT2D eigenvalue weighted by molar-refractivity contribution is 5.68. The highest BCUT2D eigenvalue weighted by Crippen LogP contribution is 2.44. The maximum absolute atomic E-state index is 6.84. The number of ether oxygens (including phenoxy) is 8. The van der Waals surface area contributed by atoms with Gasteiger partial charge in [0.1, 0.15) is 46.0 Å². The van der Waals surface area contributed by atoms with Gasteiger partial charge in [-0.15, -0.1) is 0 Å². The molecule has 1 aliphatic carbocycles. The summed E-state index contributed by atoms with van der Waals surface area (Å²) in [5.74, 6) is 62.2. The fraction of sp³-hybridized carbons (Fsp3) is 0.125. The molecule has 0 saturated carbocycles. The van der Waals surface area contributed by atoms with Crippen molar-refractivity contribution in [3.8, 4) is 141 Å². The predicted octanol–water partition coefficient (Wildman–Crippen LogP) is 24.0. The molecule has 656 valence electrons. The Bertz CT molecular complexity index is 6120. The van der Waals surface area contributed by atoms with Crippen LogP contribution in [-0.4, -0.2) is 56.9 Å². The predicted molar refractivity (Wildman–Crippen MR) is 546 cm³/mol. The molecule has 0 aromatic heterocycles. The quantitative estimate of drug-likeness (QED) is 0.139. The minimum Gasteiger partial charge on any atom is -0.496 e. The van der Waals surface area contributed by atoms with Crippen LogP contribution in [0.25, 0.3) is 0 Å². The largest absolute Gasteiger partial charge is 0.496 e. The summed E-state index contributed by atoms with van der Waals surface area (Å²) < 4.78 is 54.8. The zero-order valence-corrected chi connectivity index (χ0v) is 77.3. The van der Waals surface area contributed by atoms with E-state index < -0.39 is 0 Å². The molecule has 0 saturated heterocycles. The van der Waals surface area contributed by atoms with Crippen molar-refractivity contribution in [2.45, 2.75) is 51.4 Å². The van der Waals surface area contributed by atoms with Gasteiger partial charge in [-0.05, 0) is 194 Å². The first kappa shape index (κ1) is 90.3. The van der Waals surface area contributed by atoms with E-state index in [9.17, 15) is 0 Å². The summed E-state index contributed by atoms with van der Waals surface area (Å²) in [7, 11) is 13.9. The van der Waals surface area contributed by atoms with E-state index in [1.807, 2.05) is 243 Å². The summed E-state index contributed by atoms with van der Waals surface area (Å²) in [6.45, 7) is 0. The molecule has 16 aromatic rings. The fourth-order valence-electron chi connectivity index (χ4n) is 17.8. The molecule has 0 N–H and O–H groups in total. The smallest absolute Gasteiger partial charge is 0.126 e. The van der Waals surface area contributed by atoms with E-state index in [-0.39, 0.29) is 0 Å². The molecule has 1 aliphatic rings. The SMILES string of the molecule is COc1c2cc(C#Cc3ccccc3)cc1Cc1cc(C#Cc3ccccc3)cc(c1OC)Cc1cc(C#Cc3ccccc3)cc(c1OC)Cc1cc(C#Cc3ccccc3)cc(c1OC)Cc1cc(C#Cc3ccccc3)cc(c1OC)Cc1cc(C#Cc3ccccc3)cc(c1OC)Cc1cc(C#Cc3ccccc3)cc(c1OC)Cc1cc(C#Cc3ccccc3)cc(c1OC)C2. The van der Waals surface area contributed by atoms with Gasteiger partial charge in [0, 0.05) is 229 Å². The molecular formula is C128H96O8. The van der Waals surface area contributed by atoms with Gasteiger partial charge in [0.15, 0.2) is 0 Å². The van der Waals surface area contributed by atoms with E-state index >= 15 is 0 Å². The molecule has 0 unspecified atom stereocenters. The Kier molecular flexibility index (Phi) is 29.1. The summed E-state index contributed by atoms with van der Waals surface area (Å²) >= 11 is 0. The van der Waals surface area contributed by atoms with E-state index in [1.54, 1.807) is 56.9 Å². The highest BCUT2D eigenvalue weighted by Gasteiger charge is 2.27. The molecule has 0 heterocycles. The van der Waals surface area contributed by atoms with Crippen molar-refractivity contribution in [2.75, 3.05) is 56.9 Å². The maximum atomic E-state index is 6.84. The van der Waals surface area contributed by atoms with Crippen molar-refractivity contribution in [3.63, 3.8) is 0 Å². The van der Waals surface area contributed by atoms with Gasteiger partial charge in [0.25, 0.3) is 0 Å². The first-order valence-electron chi connectivity index (χ1n) is 45.1. The van der Waals surface area contributed by atoms with Crippen molar-refractivity contribution >= 4 is 0 Å². The van der Waals surface area contributed by atoms with Crippen LogP contribution in [0.3, 0.4) is 0 Å². The van der Waals surface area contributed by atoms with Crippen molar-refractivity contribution in [2.24, 2.45) is 0 Å². The van der Waals surface area contributed by atoms with E-state index in [2.05, 4.69) is 192 Å². The lowest BCUT2D eigenvalue weighted by molar-refractivity contribution is 0.396. The van der Waals surface area contributed by atoms with E-state index in [0.717, 1.165) is 178 Å². The van der Waals surface area contributed by atoms with E-state index in [0.29, 0.717) is 97.4 Å². The van der Waals surface area contributed by atoms with Gasteiger partial charge in [-0.1, -0.05) is 240 Å². The molecule has 8 heteroatoms. The summed E-state index contributed by atoms with van der Waals surface area (Å²) in [6, 6.07) is 115. The Morgan fingerprint density at radius 3 is 0.279 bits per heavy atom. The van der Waals surface area contributed by atoms with Crippen LogP contribution in [0.5, 0.6) is 46.0 Å². The van der Waals surface area contributed by atoms with Crippen LogP contribution in [0.2, 0.25) is 0 Å². The van der Waals surface area contributed by atoms with Crippen LogP contribution >= 0.6 is 0 Å². The monoisotopic (exact) mass is 1760 g/mol. The van der Waals surface area contributed by atoms with Gasteiger partial charge in [0.2, 0.25) is 0 Å². The molecule has 8 nitrogen and oxygen atoms in total. The van der Waals surface area contributed by atoms with Gasteiger partial charge in [0.05, 0.1) is 56.9 Å². The van der Waals surface area contributed by atoms with Gasteiger partial charge in [-0.2, -0.15) is 0 Å². The Morgan fingerprint density at radius 1 is 0.118 bits per heavy atom. The lowest BCUT2D eigenvalue weighted by Crippen LogP contribution is -2.08. The minimum atomic E-state index is 0.318. The molecule has 17 rings (SSSR count). The van der Waals surface area contributed by atoms with Crippen LogP contribution in [0, 0.1) is 94.7 Å². The average Bonchev–Trinajstić information content (AvgIpc) is 0.779. The zero-order valence-electron chi connectivity index (χ0n) is 77.3. The molecule has 0 radical (unpaired) electrons. The van der Waals surface area contributed by atoms with Crippen molar-refractivity contribution in [1.82, 2.24) is 0 Å². The Balaban J connectivity index is 0.945. The van der Waals surface area contributed by atoms with Crippen molar-refractivity contribution in [1.29, 1.82) is 0 Å². The third-order valence-corrected chi connectivity index (χ3v) is 23.6. The highest BCUT2D eigenvalue weighted by atomic mass is 16.5. The maximum Gasteiger partial charge on any atom is 0.126 e. The van der Waals surface area contributed by atoms with Gasteiger partial charge >= 0.3 is 0 Å². The van der Waals surface area contributed by atoms with E-state index in [1.165, 1.54) is 0 Å². The molecule has 0 spiro atoms. The third-order valence-electron chi connectivity index (χ3n) is 23.6. The minimum absolute atomic E-state index is 0.318. The first-order valence-corrected chi connectivity index (χ1v) is 45.1. The third kappa shape index (κ3) is 22.5. The fourth-order valence-corrected chi connectivity index (χ4v) is 17.8. The number of rotatable bonds is 8. The summed E-state index contributed by atoms with van der Waals surface area (Å²) in [4.78, 5) is 0. The number of fused-ring (bicyclic) bond motifs is 16. The molecule has 0 amide bonds. The van der Waals surface area contributed by atoms with Crippen LogP contribution in [0.1, 0.15) is 178 Å². The number of hydrogen-bond donors (Lipinski definition) is 0. The van der Waals surface area contributed by atoms with Gasteiger partial charge in [-0.3, -0.25) is 0 Å². The lowest BCUT2D eigenvalue weighted by atomic mass is 9.88. The van der Waals surface area contributed by atoms with Crippen molar-refractivity contribution in [3.05, 3.63) is 518 Å². The second-order valence-electron chi connectivity index (χ2n) is 33.0. The average molecular weight is 1760 g/mol. The second kappa shape index (κ2) is 43.9. The first-order chi connectivity index (χ1) is 66.9. The summed E-state index contributed by atoms with van der Waals surface area (Å²) in [5, 5.41) is 0. The van der Waals surface area contributed by atoms with Crippen LogP contribution in [-0.2, 0) is 51.4 Å². The summed E-state index contributed by atoms with van der Waals surface area (Å²) in [5.41, 5.74) is 26.7. The molecule has 0 atom stereocenters. The number of hydrogen-bond acceptors (Lipinski definition) is 8. The Morgan fingerprint density at radius 2 is 0.199 bits per heavy atom. The van der Waals surface area contributed by atoms with Crippen LogP contribution in [0.15, 0.2) is 340 Å². The topological polar surface area (TPSA) is 73.8 Å². The number of methoxy groups -OCH3 is 8. The normalized spacial score (nSPS) is 11.1. The van der Waals surface area contributed by atoms with Crippen molar-refractivity contribution < 1.29 is 37.9 Å². The van der Waals surface area contributed by atoms with E-state index in [4.69, 9.17) is 37.9 Å². The molecule has 16 aromatic carbocycles. The molecule has 136 heavy (non-hydrogen) atoms. The molecule has 0 fully saturated rings. The van der Waals surface area contributed by atoms with Crippen LogP contribution in [0.4, 0.5) is 0 Å².